The van der Waals surface area contributed by atoms with E-state index in [9.17, 15) is 0 Å². The molecular formula is C13H20O2. The van der Waals surface area contributed by atoms with Crippen LogP contribution in [0.5, 0.6) is 5.75 Å². The van der Waals surface area contributed by atoms with Crippen LogP contribution in [0.4, 0.5) is 0 Å². The highest BCUT2D eigenvalue weighted by molar-refractivity contribution is 5.33. The highest BCUT2D eigenvalue weighted by Crippen LogP contribution is 2.20. The van der Waals surface area contributed by atoms with Gasteiger partial charge in [0.15, 0.2) is 6.29 Å². The van der Waals surface area contributed by atoms with Crippen LogP contribution in [0.15, 0.2) is 24.3 Å². The quantitative estimate of drug-likeness (QED) is 0.667. The Balaban J connectivity index is 2.66. The zero-order valence-corrected chi connectivity index (χ0v) is 9.82. The number of rotatable bonds is 6. The van der Waals surface area contributed by atoms with Gasteiger partial charge in [-0.05, 0) is 31.9 Å². The summed E-state index contributed by atoms with van der Waals surface area (Å²) in [6, 6.07) is 8.15. The van der Waals surface area contributed by atoms with Crippen molar-refractivity contribution in [2.45, 2.75) is 39.9 Å². The summed E-state index contributed by atoms with van der Waals surface area (Å²) in [6.07, 6.45) is 2.01. The predicted octanol–water partition coefficient (Wildman–Crippen LogP) is 3.40. The molecule has 1 aromatic carbocycles. The summed E-state index contributed by atoms with van der Waals surface area (Å²) in [5.74, 6) is 0.945. The molecule has 0 spiro atoms. The molecule has 84 valence electrons. The van der Waals surface area contributed by atoms with Crippen LogP contribution in [0.25, 0.3) is 0 Å². The molecule has 0 aromatic heterocycles. The number of aryl methyl sites for hydroxylation is 1. The van der Waals surface area contributed by atoms with Crippen molar-refractivity contribution in [3.63, 3.8) is 0 Å². The first-order chi connectivity index (χ1) is 7.27. The zero-order valence-electron chi connectivity index (χ0n) is 9.82. The van der Waals surface area contributed by atoms with E-state index >= 15 is 0 Å². The highest BCUT2D eigenvalue weighted by Gasteiger charge is 2.06. The number of ether oxygens (including phenoxy) is 2. The van der Waals surface area contributed by atoms with Crippen LogP contribution in [0, 0.1) is 0 Å². The summed E-state index contributed by atoms with van der Waals surface area (Å²) >= 11 is 0. The van der Waals surface area contributed by atoms with Crippen LogP contribution >= 0.6 is 0 Å². The Morgan fingerprint density at radius 1 is 1.20 bits per heavy atom. The molecule has 0 aliphatic heterocycles. The van der Waals surface area contributed by atoms with Crippen molar-refractivity contribution in [1.82, 2.24) is 0 Å². The second-order valence-electron chi connectivity index (χ2n) is 3.50. The third-order valence-electron chi connectivity index (χ3n) is 2.19. The van der Waals surface area contributed by atoms with Crippen molar-refractivity contribution < 1.29 is 9.47 Å². The van der Waals surface area contributed by atoms with Crippen molar-refractivity contribution in [2.24, 2.45) is 0 Å². The number of benzene rings is 1. The van der Waals surface area contributed by atoms with Crippen molar-refractivity contribution in [3.8, 4) is 5.75 Å². The summed E-state index contributed by atoms with van der Waals surface area (Å²) in [5.41, 5.74) is 1.26. The predicted molar refractivity (Wildman–Crippen MR) is 62.2 cm³/mol. The van der Waals surface area contributed by atoms with E-state index in [0.717, 1.165) is 18.6 Å². The van der Waals surface area contributed by atoms with Crippen LogP contribution in [-0.2, 0) is 11.2 Å². The van der Waals surface area contributed by atoms with Gasteiger partial charge in [-0.1, -0.05) is 31.5 Å². The molecule has 2 nitrogen and oxygen atoms in total. The highest BCUT2D eigenvalue weighted by atomic mass is 16.7. The lowest BCUT2D eigenvalue weighted by atomic mass is 10.1. The molecule has 0 heterocycles. The Labute approximate surface area is 92.2 Å². The summed E-state index contributed by atoms with van der Waals surface area (Å²) in [4.78, 5) is 0. The molecule has 0 fully saturated rings. The molecule has 1 unspecified atom stereocenters. The fourth-order valence-corrected chi connectivity index (χ4v) is 1.54. The summed E-state index contributed by atoms with van der Waals surface area (Å²) in [6.45, 7) is 6.74. The first-order valence-corrected chi connectivity index (χ1v) is 5.64. The van der Waals surface area contributed by atoms with Gasteiger partial charge in [0.1, 0.15) is 5.75 Å². The van der Waals surface area contributed by atoms with Gasteiger partial charge in [0, 0.05) is 6.61 Å². The normalized spacial score (nSPS) is 12.5. The van der Waals surface area contributed by atoms with Gasteiger partial charge in [0.25, 0.3) is 0 Å². The Kier molecular flexibility index (Phi) is 5.19. The van der Waals surface area contributed by atoms with E-state index < -0.39 is 0 Å². The van der Waals surface area contributed by atoms with Crippen LogP contribution in [0.3, 0.4) is 0 Å². The molecule has 0 aliphatic carbocycles. The van der Waals surface area contributed by atoms with Gasteiger partial charge in [-0.2, -0.15) is 0 Å². The van der Waals surface area contributed by atoms with Crippen LogP contribution < -0.4 is 4.74 Å². The van der Waals surface area contributed by atoms with Crippen molar-refractivity contribution in [1.29, 1.82) is 0 Å². The maximum atomic E-state index is 5.72. The minimum Gasteiger partial charge on any atom is -0.465 e. The van der Waals surface area contributed by atoms with Crippen molar-refractivity contribution >= 4 is 0 Å². The second-order valence-corrected chi connectivity index (χ2v) is 3.50. The van der Waals surface area contributed by atoms with E-state index in [4.69, 9.17) is 9.47 Å². The number of para-hydroxylation sites is 1. The minimum absolute atomic E-state index is 0.173. The Hall–Kier alpha value is -1.02. The molecule has 1 rings (SSSR count). The third kappa shape index (κ3) is 3.92. The van der Waals surface area contributed by atoms with E-state index in [1.807, 2.05) is 32.0 Å². The molecule has 1 atom stereocenters. The van der Waals surface area contributed by atoms with Gasteiger partial charge in [-0.15, -0.1) is 0 Å². The maximum Gasteiger partial charge on any atom is 0.196 e. The van der Waals surface area contributed by atoms with Crippen molar-refractivity contribution in [3.05, 3.63) is 29.8 Å². The van der Waals surface area contributed by atoms with Crippen LogP contribution in [0.1, 0.15) is 32.8 Å². The standard InChI is InChI=1S/C13H20O2/c1-4-8-12-9-6-7-10-13(12)15-11(3)14-5-2/h6-7,9-11H,4-5,8H2,1-3H3. The molecule has 0 saturated heterocycles. The number of hydrogen-bond acceptors (Lipinski definition) is 2. The average Bonchev–Trinajstić information content (AvgIpc) is 2.21. The molecule has 0 bridgehead atoms. The van der Waals surface area contributed by atoms with E-state index in [2.05, 4.69) is 13.0 Å². The largest absolute Gasteiger partial charge is 0.465 e. The van der Waals surface area contributed by atoms with Crippen LogP contribution in [-0.4, -0.2) is 12.9 Å². The molecule has 0 radical (unpaired) electrons. The molecule has 0 amide bonds. The van der Waals surface area contributed by atoms with E-state index in [-0.39, 0.29) is 6.29 Å². The topological polar surface area (TPSA) is 18.5 Å². The molecule has 1 aromatic rings. The monoisotopic (exact) mass is 208 g/mol. The van der Waals surface area contributed by atoms with E-state index in [1.165, 1.54) is 5.56 Å². The summed E-state index contributed by atoms with van der Waals surface area (Å²) < 4.78 is 11.1. The maximum absolute atomic E-state index is 5.72. The Morgan fingerprint density at radius 3 is 2.60 bits per heavy atom. The van der Waals surface area contributed by atoms with Crippen LogP contribution in [0.2, 0.25) is 0 Å². The fraction of sp³-hybridized carbons (Fsp3) is 0.538. The first-order valence-electron chi connectivity index (χ1n) is 5.64. The third-order valence-corrected chi connectivity index (χ3v) is 2.19. The molecular weight excluding hydrogens is 188 g/mol. The Morgan fingerprint density at radius 2 is 1.93 bits per heavy atom. The van der Waals surface area contributed by atoms with Gasteiger partial charge in [0.2, 0.25) is 0 Å². The van der Waals surface area contributed by atoms with E-state index in [1.54, 1.807) is 0 Å². The average molecular weight is 208 g/mol. The molecule has 0 aliphatic rings. The number of hydrogen-bond donors (Lipinski definition) is 0. The van der Waals surface area contributed by atoms with Gasteiger partial charge in [-0.3, -0.25) is 0 Å². The molecule has 2 heteroatoms. The van der Waals surface area contributed by atoms with Gasteiger partial charge in [-0.25, -0.2) is 0 Å². The molecule has 15 heavy (non-hydrogen) atoms. The van der Waals surface area contributed by atoms with Gasteiger partial charge >= 0.3 is 0 Å². The lowest BCUT2D eigenvalue weighted by Crippen LogP contribution is -2.16. The molecule has 0 N–H and O–H groups in total. The lowest BCUT2D eigenvalue weighted by Gasteiger charge is -2.16. The van der Waals surface area contributed by atoms with Gasteiger partial charge < -0.3 is 9.47 Å². The Bertz CT molecular complexity index is 284. The van der Waals surface area contributed by atoms with Crippen molar-refractivity contribution in [2.75, 3.05) is 6.61 Å². The summed E-state index contributed by atoms with van der Waals surface area (Å²) in [7, 11) is 0. The molecule has 0 saturated carbocycles. The van der Waals surface area contributed by atoms with Gasteiger partial charge in [0.05, 0.1) is 0 Å². The SMILES string of the molecule is CCCc1ccccc1OC(C)OCC. The van der Waals surface area contributed by atoms with E-state index in [0.29, 0.717) is 6.61 Å². The zero-order chi connectivity index (χ0) is 11.1. The summed E-state index contributed by atoms with van der Waals surface area (Å²) in [5, 5.41) is 0. The lowest BCUT2D eigenvalue weighted by molar-refractivity contribution is -0.0617. The fourth-order valence-electron chi connectivity index (χ4n) is 1.54. The first kappa shape index (κ1) is 12.1. The minimum atomic E-state index is -0.173. The smallest absolute Gasteiger partial charge is 0.196 e. The second kappa shape index (κ2) is 6.46.